The molecule has 1 aromatic heterocycles. The Hall–Kier alpha value is -3.17. The third-order valence-electron chi connectivity index (χ3n) is 3.66. The molecule has 0 bridgehead atoms. The van der Waals surface area contributed by atoms with Gasteiger partial charge < -0.3 is 9.84 Å². The molecule has 7 heteroatoms. The molecule has 0 fully saturated rings. The second-order valence-electron chi connectivity index (χ2n) is 5.60. The molecular formula is C19H15ClN4O2. The fraction of sp³-hybridized carbons (Fsp3) is 0.158. The minimum absolute atomic E-state index is 0.149. The molecule has 6 nitrogen and oxygen atoms in total. The summed E-state index contributed by atoms with van der Waals surface area (Å²) in [6, 6.07) is 16.4. The molecule has 0 radical (unpaired) electrons. The molecular weight excluding hydrogens is 352 g/mol. The number of carbonyl (C=O) groups excluding carboxylic acids is 1. The van der Waals surface area contributed by atoms with Gasteiger partial charge in [0.1, 0.15) is 0 Å². The van der Waals surface area contributed by atoms with Gasteiger partial charge in [-0.1, -0.05) is 28.9 Å². The maximum atomic E-state index is 12.0. The monoisotopic (exact) mass is 366 g/mol. The van der Waals surface area contributed by atoms with Gasteiger partial charge >= 0.3 is 0 Å². The van der Waals surface area contributed by atoms with Crippen molar-refractivity contribution in [2.45, 2.75) is 19.3 Å². The van der Waals surface area contributed by atoms with Crippen LogP contribution in [0, 0.1) is 11.3 Å². The van der Waals surface area contributed by atoms with Gasteiger partial charge in [0.15, 0.2) is 0 Å². The molecule has 26 heavy (non-hydrogen) atoms. The van der Waals surface area contributed by atoms with Gasteiger partial charge in [0, 0.05) is 29.1 Å². The van der Waals surface area contributed by atoms with Crippen LogP contribution in [0.4, 0.5) is 5.69 Å². The standard InChI is InChI=1S/C19H15ClN4O2/c20-15-5-3-14(4-6-15)19-23-18(26-24-19)10-9-17(25)22-16-7-1-13(2-8-16)11-12-21/h1-8H,9-11H2,(H,22,25). The molecule has 2 aromatic carbocycles. The molecule has 3 aromatic rings. The minimum Gasteiger partial charge on any atom is -0.339 e. The van der Waals surface area contributed by atoms with E-state index in [4.69, 9.17) is 21.4 Å². The quantitative estimate of drug-likeness (QED) is 0.711. The van der Waals surface area contributed by atoms with Gasteiger partial charge in [0.25, 0.3) is 0 Å². The Morgan fingerprint density at radius 3 is 2.58 bits per heavy atom. The second kappa shape index (κ2) is 8.28. The molecule has 0 spiro atoms. The van der Waals surface area contributed by atoms with Gasteiger partial charge in [-0.05, 0) is 42.0 Å². The molecule has 1 heterocycles. The van der Waals surface area contributed by atoms with Crippen LogP contribution in [-0.2, 0) is 17.6 Å². The number of nitrogens with one attached hydrogen (secondary N) is 1. The van der Waals surface area contributed by atoms with Crippen molar-refractivity contribution in [3.8, 4) is 17.5 Å². The normalized spacial score (nSPS) is 10.3. The number of amides is 1. The summed E-state index contributed by atoms with van der Waals surface area (Å²) in [6.07, 6.45) is 0.919. The van der Waals surface area contributed by atoms with Crippen molar-refractivity contribution in [1.82, 2.24) is 10.1 Å². The van der Waals surface area contributed by atoms with Crippen molar-refractivity contribution in [1.29, 1.82) is 5.26 Å². The van der Waals surface area contributed by atoms with E-state index in [1.165, 1.54) is 0 Å². The van der Waals surface area contributed by atoms with Crippen molar-refractivity contribution in [2.24, 2.45) is 0 Å². The predicted molar refractivity (Wildman–Crippen MR) is 97.5 cm³/mol. The Morgan fingerprint density at radius 1 is 1.15 bits per heavy atom. The highest BCUT2D eigenvalue weighted by Gasteiger charge is 2.11. The second-order valence-corrected chi connectivity index (χ2v) is 6.04. The van der Waals surface area contributed by atoms with Crippen molar-refractivity contribution in [2.75, 3.05) is 5.32 Å². The summed E-state index contributed by atoms with van der Waals surface area (Å²) in [5.74, 6) is 0.712. The summed E-state index contributed by atoms with van der Waals surface area (Å²) in [6.45, 7) is 0. The number of carbonyl (C=O) groups is 1. The maximum absolute atomic E-state index is 12.0. The van der Waals surface area contributed by atoms with Crippen LogP contribution in [0.1, 0.15) is 17.9 Å². The first-order valence-corrected chi connectivity index (χ1v) is 8.36. The number of nitriles is 1. The SMILES string of the molecule is N#CCc1ccc(NC(=O)CCc2nc(-c3ccc(Cl)cc3)no2)cc1. The zero-order chi connectivity index (χ0) is 18.4. The molecule has 0 aliphatic carbocycles. The van der Waals surface area contributed by atoms with Gasteiger partial charge in [-0.15, -0.1) is 0 Å². The lowest BCUT2D eigenvalue weighted by Gasteiger charge is -2.04. The Kier molecular flexibility index (Phi) is 5.62. The molecule has 0 saturated carbocycles. The molecule has 1 amide bonds. The minimum atomic E-state index is -0.149. The Labute approximate surface area is 155 Å². The molecule has 3 rings (SSSR count). The summed E-state index contributed by atoms with van der Waals surface area (Å²) < 4.78 is 5.19. The first-order valence-electron chi connectivity index (χ1n) is 7.98. The molecule has 0 aliphatic heterocycles. The smallest absolute Gasteiger partial charge is 0.227 e. The zero-order valence-corrected chi connectivity index (χ0v) is 14.5. The fourth-order valence-electron chi connectivity index (χ4n) is 2.31. The fourth-order valence-corrected chi connectivity index (χ4v) is 2.44. The van der Waals surface area contributed by atoms with Crippen molar-refractivity contribution in [3.05, 3.63) is 65.0 Å². The topological polar surface area (TPSA) is 91.8 Å². The number of anilines is 1. The maximum Gasteiger partial charge on any atom is 0.227 e. The summed E-state index contributed by atoms with van der Waals surface area (Å²) in [5, 5.41) is 16.0. The van der Waals surface area contributed by atoms with Crippen LogP contribution in [0.2, 0.25) is 5.02 Å². The highest BCUT2D eigenvalue weighted by Crippen LogP contribution is 2.19. The number of rotatable bonds is 6. The largest absolute Gasteiger partial charge is 0.339 e. The van der Waals surface area contributed by atoms with E-state index in [0.717, 1.165) is 11.1 Å². The Balaban J connectivity index is 1.53. The first-order chi connectivity index (χ1) is 12.6. The third kappa shape index (κ3) is 4.68. The molecule has 0 aliphatic rings. The van der Waals surface area contributed by atoms with Crippen LogP contribution in [0.25, 0.3) is 11.4 Å². The van der Waals surface area contributed by atoms with E-state index in [0.29, 0.717) is 35.3 Å². The summed E-state index contributed by atoms with van der Waals surface area (Å²) >= 11 is 5.86. The number of aromatic nitrogens is 2. The zero-order valence-electron chi connectivity index (χ0n) is 13.8. The number of aryl methyl sites for hydroxylation is 1. The van der Waals surface area contributed by atoms with E-state index in [9.17, 15) is 4.79 Å². The van der Waals surface area contributed by atoms with Gasteiger partial charge in [-0.2, -0.15) is 10.2 Å². The van der Waals surface area contributed by atoms with E-state index in [1.54, 1.807) is 36.4 Å². The van der Waals surface area contributed by atoms with Crippen LogP contribution in [-0.4, -0.2) is 16.0 Å². The first kappa shape index (κ1) is 17.6. The van der Waals surface area contributed by atoms with Gasteiger partial charge in [0.2, 0.25) is 17.6 Å². The van der Waals surface area contributed by atoms with Gasteiger partial charge in [0.05, 0.1) is 12.5 Å². The Bertz CT molecular complexity index is 927. The van der Waals surface area contributed by atoms with E-state index < -0.39 is 0 Å². The highest BCUT2D eigenvalue weighted by molar-refractivity contribution is 6.30. The van der Waals surface area contributed by atoms with Gasteiger partial charge in [-0.25, -0.2) is 0 Å². The lowest BCUT2D eigenvalue weighted by molar-refractivity contribution is -0.116. The van der Waals surface area contributed by atoms with Crippen molar-refractivity contribution >= 4 is 23.2 Å². The number of hydrogen-bond acceptors (Lipinski definition) is 5. The summed E-state index contributed by atoms with van der Waals surface area (Å²) in [5.41, 5.74) is 2.39. The van der Waals surface area contributed by atoms with Crippen LogP contribution < -0.4 is 5.32 Å². The number of hydrogen-bond donors (Lipinski definition) is 1. The molecule has 0 atom stereocenters. The van der Waals surface area contributed by atoms with Crippen LogP contribution in [0.5, 0.6) is 0 Å². The number of halogens is 1. The molecule has 0 saturated heterocycles. The van der Waals surface area contributed by atoms with Crippen LogP contribution in [0.15, 0.2) is 53.1 Å². The summed E-state index contributed by atoms with van der Waals surface area (Å²) in [4.78, 5) is 16.3. The Morgan fingerprint density at radius 2 is 1.88 bits per heavy atom. The van der Waals surface area contributed by atoms with Crippen molar-refractivity contribution in [3.63, 3.8) is 0 Å². The third-order valence-corrected chi connectivity index (χ3v) is 3.91. The highest BCUT2D eigenvalue weighted by atomic mass is 35.5. The predicted octanol–water partition coefficient (Wildman–Crippen LogP) is 4.03. The lowest BCUT2D eigenvalue weighted by atomic mass is 10.1. The average Bonchev–Trinajstić information content (AvgIpc) is 3.11. The van der Waals surface area contributed by atoms with E-state index in [-0.39, 0.29) is 12.3 Å². The average molecular weight is 367 g/mol. The van der Waals surface area contributed by atoms with E-state index >= 15 is 0 Å². The van der Waals surface area contributed by atoms with Gasteiger partial charge in [-0.3, -0.25) is 4.79 Å². The van der Waals surface area contributed by atoms with Crippen molar-refractivity contribution < 1.29 is 9.32 Å². The summed E-state index contributed by atoms with van der Waals surface area (Å²) in [7, 11) is 0. The molecule has 130 valence electrons. The van der Waals surface area contributed by atoms with Crippen LogP contribution in [0.3, 0.4) is 0 Å². The van der Waals surface area contributed by atoms with Crippen LogP contribution >= 0.6 is 11.6 Å². The van der Waals surface area contributed by atoms with E-state index in [2.05, 4.69) is 21.5 Å². The lowest BCUT2D eigenvalue weighted by Crippen LogP contribution is -2.12. The molecule has 1 N–H and O–H groups in total. The number of nitrogens with zero attached hydrogens (tertiary/aromatic N) is 3. The molecule has 0 unspecified atom stereocenters. The number of benzene rings is 2. The van der Waals surface area contributed by atoms with E-state index in [1.807, 2.05) is 12.1 Å².